The average molecular weight is 316 g/mol. The van der Waals surface area contributed by atoms with Gasteiger partial charge in [-0.1, -0.05) is 24.3 Å². The quantitative estimate of drug-likeness (QED) is 0.674. The number of aryl methyl sites for hydroxylation is 1. The Morgan fingerprint density at radius 2 is 2.27 bits per heavy atom. The summed E-state index contributed by atoms with van der Waals surface area (Å²) >= 11 is 1.85. The lowest BCUT2D eigenvalue weighted by Crippen LogP contribution is -2.27. The molecule has 0 amide bonds. The molecule has 0 bridgehead atoms. The van der Waals surface area contributed by atoms with Crippen molar-refractivity contribution in [3.63, 3.8) is 0 Å². The van der Waals surface area contributed by atoms with Crippen molar-refractivity contribution in [1.82, 2.24) is 9.62 Å². The summed E-state index contributed by atoms with van der Waals surface area (Å²) in [5, 5.41) is 3.68. The van der Waals surface area contributed by atoms with E-state index in [2.05, 4.69) is 53.9 Å². The number of fused-ring (bicyclic) bond motifs is 1. The Kier molecular flexibility index (Phi) is 4.91. The number of nitrogens with one attached hydrogen (secondary N) is 1. The molecule has 3 nitrogen and oxygen atoms in total. The lowest BCUT2D eigenvalue weighted by atomic mass is 9.91. The Hall–Kier alpha value is -1.23. The molecule has 0 fully saturated rings. The molecule has 118 valence electrons. The molecule has 0 spiro atoms. The van der Waals surface area contributed by atoms with Crippen LogP contribution >= 0.6 is 11.9 Å². The summed E-state index contributed by atoms with van der Waals surface area (Å²) in [7, 11) is 3.93. The Morgan fingerprint density at radius 3 is 3.09 bits per heavy atom. The number of benzene rings is 1. The zero-order valence-electron chi connectivity index (χ0n) is 13.6. The van der Waals surface area contributed by atoms with Gasteiger partial charge in [0.15, 0.2) is 0 Å². The van der Waals surface area contributed by atoms with Crippen molar-refractivity contribution in [2.24, 2.45) is 0 Å². The zero-order chi connectivity index (χ0) is 15.5. The van der Waals surface area contributed by atoms with Crippen LogP contribution in [0.3, 0.4) is 0 Å². The van der Waals surface area contributed by atoms with E-state index < -0.39 is 0 Å². The first-order chi connectivity index (χ1) is 10.7. The Balaban J connectivity index is 2.02. The van der Waals surface area contributed by atoms with Crippen LogP contribution in [0.5, 0.6) is 0 Å². The summed E-state index contributed by atoms with van der Waals surface area (Å²) in [4.78, 5) is 1.35. The fraction of sp³-hybridized carbons (Fsp3) is 0.444. The van der Waals surface area contributed by atoms with Crippen LogP contribution in [0.2, 0.25) is 0 Å². The summed E-state index contributed by atoms with van der Waals surface area (Å²) in [5.74, 6) is 0. The molecule has 4 heteroatoms. The SMILES string of the molecule is COCCNC1C2=C(CCC=C2)N(C)Sc2cc(C)ccc21. The van der Waals surface area contributed by atoms with E-state index in [4.69, 9.17) is 4.74 Å². The minimum absolute atomic E-state index is 0.245. The van der Waals surface area contributed by atoms with E-state index in [1.807, 2.05) is 11.9 Å². The molecule has 0 radical (unpaired) electrons. The van der Waals surface area contributed by atoms with Gasteiger partial charge in [0.05, 0.1) is 12.6 Å². The maximum Gasteiger partial charge on any atom is 0.0606 e. The van der Waals surface area contributed by atoms with E-state index in [1.165, 1.54) is 27.3 Å². The van der Waals surface area contributed by atoms with E-state index in [9.17, 15) is 0 Å². The fourth-order valence-corrected chi connectivity index (χ4v) is 4.26. The van der Waals surface area contributed by atoms with Crippen molar-refractivity contribution in [3.8, 4) is 0 Å². The van der Waals surface area contributed by atoms with Crippen LogP contribution in [0.1, 0.15) is 30.0 Å². The maximum atomic E-state index is 5.22. The van der Waals surface area contributed by atoms with Crippen molar-refractivity contribution in [2.45, 2.75) is 30.7 Å². The van der Waals surface area contributed by atoms with Crippen molar-refractivity contribution in [2.75, 3.05) is 27.3 Å². The summed E-state index contributed by atoms with van der Waals surface area (Å²) in [5.41, 5.74) is 5.53. The van der Waals surface area contributed by atoms with Crippen LogP contribution < -0.4 is 5.32 Å². The molecule has 1 aromatic carbocycles. The van der Waals surface area contributed by atoms with E-state index in [-0.39, 0.29) is 6.04 Å². The molecule has 1 aliphatic carbocycles. The number of allylic oxidation sites excluding steroid dienone is 2. The second-order valence-corrected chi connectivity index (χ2v) is 7.02. The van der Waals surface area contributed by atoms with Gasteiger partial charge in [-0.3, -0.25) is 0 Å². The van der Waals surface area contributed by atoms with Gasteiger partial charge in [-0.15, -0.1) is 0 Å². The summed E-state index contributed by atoms with van der Waals surface area (Å²) in [6.45, 7) is 3.74. The van der Waals surface area contributed by atoms with E-state index in [1.54, 1.807) is 7.11 Å². The molecule has 2 aliphatic rings. The standard InChI is InChI=1S/C18H24N2OS/c1-13-8-9-15-17(12-13)22-20(2)16-7-5-4-6-14(16)18(15)19-10-11-21-3/h4,6,8-9,12,18-19H,5,7,10-11H2,1-3H3. The van der Waals surface area contributed by atoms with Gasteiger partial charge >= 0.3 is 0 Å². The van der Waals surface area contributed by atoms with Crippen molar-refractivity contribution >= 4 is 11.9 Å². The third-order valence-electron chi connectivity index (χ3n) is 4.24. The molecule has 1 aliphatic heterocycles. The molecule has 1 aromatic rings. The average Bonchev–Trinajstić information content (AvgIpc) is 2.63. The molecule has 1 unspecified atom stereocenters. The topological polar surface area (TPSA) is 24.5 Å². The van der Waals surface area contributed by atoms with Gasteiger partial charge in [0.2, 0.25) is 0 Å². The lowest BCUT2D eigenvalue weighted by molar-refractivity contribution is 0.197. The monoisotopic (exact) mass is 316 g/mol. The van der Waals surface area contributed by atoms with Crippen LogP contribution in [0.15, 0.2) is 46.5 Å². The number of hydrogen-bond donors (Lipinski definition) is 1. The van der Waals surface area contributed by atoms with Crippen molar-refractivity contribution in [1.29, 1.82) is 0 Å². The third-order valence-corrected chi connectivity index (χ3v) is 5.28. The van der Waals surface area contributed by atoms with Gasteiger partial charge in [-0.25, -0.2) is 0 Å². The first kappa shape index (κ1) is 15.7. The normalized spacial score (nSPS) is 20.7. The molecule has 3 rings (SSSR count). The molecule has 1 heterocycles. The molecule has 1 N–H and O–H groups in total. The summed E-state index contributed by atoms with van der Waals surface area (Å²) in [6, 6.07) is 7.02. The minimum Gasteiger partial charge on any atom is -0.383 e. The predicted octanol–water partition coefficient (Wildman–Crippen LogP) is 3.83. The maximum absolute atomic E-state index is 5.22. The number of methoxy groups -OCH3 is 1. The number of hydrogen-bond acceptors (Lipinski definition) is 4. The molecule has 22 heavy (non-hydrogen) atoms. The second-order valence-electron chi connectivity index (χ2n) is 5.85. The first-order valence-corrected chi connectivity index (χ1v) is 8.62. The highest BCUT2D eigenvalue weighted by atomic mass is 32.2. The highest BCUT2D eigenvalue weighted by Gasteiger charge is 2.28. The van der Waals surface area contributed by atoms with Gasteiger partial charge in [0.1, 0.15) is 0 Å². The van der Waals surface area contributed by atoms with Gasteiger partial charge in [0.25, 0.3) is 0 Å². The molecule has 0 saturated heterocycles. The van der Waals surface area contributed by atoms with Crippen molar-refractivity contribution < 1.29 is 4.74 Å². The first-order valence-electron chi connectivity index (χ1n) is 7.85. The number of nitrogens with zero attached hydrogens (tertiary/aromatic N) is 1. The molecular weight excluding hydrogens is 292 g/mol. The van der Waals surface area contributed by atoms with Crippen LogP contribution in [0.4, 0.5) is 0 Å². The van der Waals surface area contributed by atoms with Crippen LogP contribution in [-0.2, 0) is 4.74 Å². The Labute approximate surface area is 137 Å². The fourth-order valence-electron chi connectivity index (χ4n) is 3.13. The highest BCUT2D eigenvalue weighted by molar-refractivity contribution is 7.97. The zero-order valence-corrected chi connectivity index (χ0v) is 14.4. The second kappa shape index (κ2) is 6.90. The van der Waals surface area contributed by atoms with E-state index in [0.717, 1.165) is 26.0 Å². The van der Waals surface area contributed by atoms with E-state index in [0.29, 0.717) is 0 Å². The van der Waals surface area contributed by atoms with E-state index >= 15 is 0 Å². The molecule has 1 atom stereocenters. The molecular formula is C18H24N2OS. The third kappa shape index (κ3) is 3.09. The molecule has 0 saturated carbocycles. The highest BCUT2D eigenvalue weighted by Crippen LogP contribution is 2.43. The van der Waals surface area contributed by atoms with Gasteiger partial charge < -0.3 is 14.4 Å². The van der Waals surface area contributed by atoms with Gasteiger partial charge in [-0.05, 0) is 54.5 Å². The number of ether oxygens (including phenoxy) is 1. The largest absolute Gasteiger partial charge is 0.383 e. The van der Waals surface area contributed by atoms with Crippen LogP contribution in [0, 0.1) is 6.92 Å². The summed E-state index contributed by atoms with van der Waals surface area (Å²) < 4.78 is 7.56. The predicted molar refractivity (Wildman–Crippen MR) is 92.8 cm³/mol. The summed E-state index contributed by atoms with van der Waals surface area (Å²) in [6.07, 6.45) is 6.84. The lowest BCUT2D eigenvalue weighted by Gasteiger charge is -2.26. The number of rotatable bonds is 4. The smallest absolute Gasteiger partial charge is 0.0606 e. The van der Waals surface area contributed by atoms with Gasteiger partial charge in [-0.2, -0.15) is 0 Å². The van der Waals surface area contributed by atoms with Crippen molar-refractivity contribution in [3.05, 3.63) is 52.7 Å². The minimum atomic E-state index is 0.245. The van der Waals surface area contributed by atoms with Gasteiger partial charge in [0, 0.05) is 31.3 Å². The Morgan fingerprint density at radius 1 is 1.41 bits per heavy atom. The van der Waals surface area contributed by atoms with Crippen LogP contribution in [-0.4, -0.2) is 31.6 Å². The molecule has 0 aromatic heterocycles. The Bertz CT molecular complexity index is 609. The van der Waals surface area contributed by atoms with Crippen LogP contribution in [0.25, 0.3) is 0 Å².